The smallest absolute Gasteiger partial charge is 0.410 e. The zero-order valence-electron chi connectivity index (χ0n) is 19.3. The highest BCUT2D eigenvalue weighted by Crippen LogP contribution is 2.32. The molecule has 0 saturated carbocycles. The van der Waals surface area contributed by atoms with Crippen molar-refractivity contribution < 1.29 is 18.7 Å². The normalized spacial score (nSPS) is 16.4. The van der Waals surface area contributed by atoms with Gasteiger partial charge in [0.2, 0.25) is 5.91 Å². The van der Waals surface area contributed by atoms with Gasteiger partial charge in [0.25, 0.3) is 0 Å². The maximum absolute atomic E-state index is 14.6. The van der Waals surface area contributed by atoms with Gasteiger partial charge >= 0.3 is 6.09 Å². The quantitative estimate of drug-likeness (QED) is 0.549. The number of benzodiazepines with no additional fused rings is 1. The fourth-order valence-electron chi connectivity index (χ4n) is 4.73. The fraction of sp³-hybridized carbons (Fsp3) is 0.250. The number of halogens is 1. The molecule has 5 rings (SSSR count). The first kappa shape index (κ1) is 22.8. The van der Waals surface area contributed by atoms with Crippen molar-refractivity contribution in [1.29, 1.82) is 0 Å². The Morgan fingerprint density at radius 1 is 0.914 bits per heavy atom. The molecule has 178 valence electrons. The summed E-state index contributed by atoms with van der Waals surface area (Å²) in [6.07, 6.45) is 0.894. The van der Waals surface area contributed by atoms with Crippen molar-refractivity contribution in [2.75, 3.05) is 24.5 Å². The third-order valence-corrected chi connectivity index (χ3v) is 6.48. The topological polar surface area (TPSA) is 62.2 Å². The number of rotatable bonds is 4. The van der Waals surface area contributed by atoms with Crippen molar-refractivity contribution in [2.45, 2.75) is 25.5 Å². The Kier molecular flexibility index (Phi) is 6.57. The summed E-state index contributed by atoms with van der Waals surface area (Å²) >= 11 is 0. The second-order valence-electron chi connectivity index (χ2n) is 8.68. The number of fused-ring (bicyclic) bond motifs is 1. The van der Waals surface area contributed by atoms with E-state index in [-0.39, 0.29) is 37.0 Å². The molecule has 0 unspecified atom stereocenters. The highest BCUT2D eigenvalue weighted by Gasteiger charge is 2.34. The number of aliphatic imine (C=N–C) groups is 1. The second kappa shape index (κ2) is 10.1. The minimum Gasteiger partial charge on any atom is -0.445 e. The molecule has 3 aromatic rings. The highest BCUT2D eigenvalue weighted by molar-refractivity contribution is 6.19. The summed E-state index contributed by atoms with van der Waals surface area (Å²) in [5.41, 5.74) is 3.26. The Morgan fingerprint density at radius 2 is 1.57 bits per heavy atom. The first-order valence-electron chi connectivity index (χ1n) is 11.8. The molecule has 2 aliphatic rings. The predicted octanol–water partition coefficient (Wildman–Crippen LogP) is 4.81. The molecule has 6 nitrogen and oxygen atoms in total. The average molecular weight is 472 g/mol. The third-order valence-electron chi connectivity index (χ3n) is 6.48. The van der Waals surface area contributed by atoms with E-state index in [0.717, 1.165) is 16.8 Å². The molecule has 35 heavy (non-hydrogen) atoms. The molecule has 3 aromatic carbocycles. The molecule has 0 aromatic heterocycles. The molecule has 7 heteroatoms. The van der Waals surface area contributed by atoms with Crippen LogP contribution in [0.1, 0.15) is 29.5 Å². The summed E-state index contributed by atoms with van der Waals surface area (Å²) in [5.74, 6) is -0.502. The number of nitrogens with zero attached hydrogens (tertiary/aromatic N) is 3. The molecular weight excluding hydrogens is 445 g/mol. The van der Waals surface area contributed by atoms with Crippen LogP contribution in [0.2, 0.25) is 0 Å². The number of piperidine rings is 1. The van der Waals surface area contributed by atoms with Gasteiger partial charge in [-0.3, -0.25) is 9.79 Å². The lowest BCUT2D eigenvalue weighted by Gasteiger charge is -2.38. The second-order valence-corrected chi connectivity index (χ2v) is 8.68. The van der Waals surface area contributed by atoms with Crippen LogP contribution in [-0.2, 0) is 16.1 Å². The lowest BCUT2D eigenvalue weighted by atomic mass is 9.97. The van der Waals surface area contributed by atoms with Crippen LogP contribution in [0, 0.1) is 5.82 Å². The molecule has 2 heterocycles. The Balaban J connectivity index is 1.31. The molecule has 2 amide bonds. The zero-order chi connectivity index (χ0) is 24.2. The summed E-state index contributed by atoms with van der Waals surface area (Å²) in [7, 11) is 0. The number of likely N-dealkylation sites (tertiary alicyclic amines) is 1. The Labute approximate surface area is 203 Å². The fourth-order valence-corrected chi connectivity index (χ4v) is 4.73. The van der Waals surface area contributed by atoms with Gasteiger partial charge in [0.1, 0.15) is 19.0 Å². The van der Waals surface area contributed by atoms with E-state index in [4.69, 9.17) is 4.74 Å². The van der Waals surface area contributed by atoms with E-state index in [1.807, 2.05) is 54.6 Å². The maximum atomic E-state index is 14.6. The van der Waals surface area contributed by atoms with E-state index < -0.39 is 0 Å². The van der Waals surface area contributed by atoms with Gasteiger partial charge < -0.3 is 14.5 Å². The molecule has 1 saturated heterocycles. The zero-order valence-corrected chi connectivity index (χ0v) is 19.3. The van der Waals surface area contributed by atoms with Crippen molar-refractivity contribution in [3.05, 3.63) is 101 Å². The molecule has 2 aliphatic heterocycles. The number of anilines is 1. The van der Waals surface area contributed by atoms with Crippen LogP contribution in [0.25, 0.3) is 0 Å². The molecule has 0 aliphatic carbocycles. The van der Waals surface area contributed by atoms with Gasteiger partial charge in [-0.05, 0) is 36.6 Å². The van der Waals surface area contributed by atoms with Crippen LogP contribution in [0.3, 0.4) is 0 Å². The Hall–Kier alpha value is -4.00. The molecule has 0 radical (unpaired) electrons. The SMILES string of the molecule is O=C(OCc1ccccc1)N1CCC(N2C(=O)CN=C(c3ccccc3F)c3ccccc32)CC1. The summed E-state index contributed by atoms with van der Waals surface area (Å²) in [6, 6.07) is 23.5. The van der Waals surface area contributed by atoms with Gasteiger partial charge in [-0.25, -0.2) is 9.18 Å². The summed E-state index contributed by atoms with van der Waals surface area (Å²) in [6.45, 7) is 1.15. The number of benzene rings is 3. The largest absolute Gasteiger partial charge is 0.445 e. The van der Waals surface area contributed by atoms with Gasteiger partial charge in [0.05, 0.1) is 11.4 Å². The number of carbonyl (C=O) groups is 2. The number of amides is 2. The molecular formula is C28H26FN3O3. The Bertz CT molecular complexity index is 1250. The maximum Gasteiger partial charge on any atom is 0.410 e. The molecule has 0 atom stereocenters. The molecule has 1 fully saturated rings. The van der Waals surface area contributed by atoms with Crippen LogP contribution in [0.4, 0.5) is 14.9 Å². The molecule has 0 spiro atoms. The van der Waals surface area contributed by atoms with E-state index in [1.165, 1.54) is 6.07 Å². The van der Waals surface area contributed by atoms with Gasteiger partial charge in [-0.2, -0.15) is 0 Å². The summed E-state index contributed by atoms with van der Waals surface area (Å²) < 4.78 is 20.1. The van der Waals surface area contributed by atoms with Crippen molar-refractivity contribution in [3.8, 4) is 0 Å². The molecule has 0 N–H and O–H groups in total. The van der Waals surface area contributed by atoms with Gasteiger partial charge in [0, 0.05) is 30.3 Å². The number of hydrogen-bond acceptors (Lipinski definition) is 4. The van der Waals surface area contributed by atoms with Crippen LogP contribution >= 0.6 is 0 Å². The van der Waals surface area contributed by atoms with Crippen LogP contribution in [0.15, 0.2) is 83.9 Å². The van der Waals surface area contributed by atoms with Gasteiger partial charge in [0.15, 0.2) is 0 Å². The van der Waals surface area contributed by atoms with E-state index in [0.29, 0.717) is 37.2 Å². The lowest BCUT2D eigenvalue weighted by molar-refractivity contribution is -0.117. The average Bonchev–Trinajstić information content (AvgIpc) is 3.04. The highest BCUT2D eigenvalue weighted by atomic mass is 19.1. The minimum atomic E-state index is -0.371. The summed E-state index contributed by atoms with van der Waals surface area (Å²) in [5, 5.41) is 0. The van der Waals surface area contributed by atoms with Crippen molar-refractivity contribution in [1.82, 2.24) is 4.90 Å². The van der Waals surface area contributed by atoms with Crippen molar-refractivity contribution in [3.63, 3.8) is 0 Å². The number of carbonyl (C=O) groups excluding carboxylic acids is 2. The van der Waals surface area contributed by atoms with E-state index in [2.05, 4.69) is 4.99 Å². The minimum absolute atomic E-state index is 0.0579. The van der Waals surface area contributed by atoms with E-state index in [9.17, 15) is 14.0 Å². The first-order chi connectivity index (χ1) is 17.1. The van der Waals surface area contributed by atoms with E-state index >= 15 is 0 Å². The Morgan fingerprint density at radius 3 is 2.31 bits per heavy atom. The van der Waals surface area contributed by atoms with Gasteiger partial charge in [-0.1, -0.05) is 60.7 Å². The van der Waals surface area contributed by atoms with Crippen molar-refractivity contribution >= 4 is 23.4 Å². The predicted molar refractivity (Wildman–Crippen MR) is 132 cm³/mol. The lowest BCUT2D eigenvalue weighted by Crippen LogP contribution is -2.49. The summed E-state index contributed by atoms with van der Waals surface area (Å²) in [4.78, 5) is 33.8. The van der Waals surface area contributed by atoms with Crippen molar-refractivity contribution in [2.24, 2.45) is 4.99 Å². The van der Waals surface area contributed by atoms with E-state index in [1.54, 1.807) is 28.0 Å². The number of para-hydroxylation sites is 1. The standard InChI is InChI=1S/C28H26FN3O3/c29-24-12-6-4-10-22(24)27-23-11-5-7-13-25(23)32(26(33)18-30-27)21-14-16-31(17-15-21)28(34)35-19-20-8-2-1-3-9-20/h1-13,21H,14-19H2. The number of hydrogen-bond donors (Lipinski definition) is 0. The van der Waals surface area contributed by atoms with Gasteiger partial charge in [-0.15, -0.1) is 0 Å². The number of ether oxygens (including phenoxy) is 1. The van der Waals surface area contributed by atoms with Crippen LogP contribution in [-0.4, -0.2) is 48.3 Å². The monoisotopic (exact) mass is 471 g/mol. The first-order valence-corrected chi connectivity index (χ1v) is 11.8. The van der Waals surface area contributed by atoms with Crippen LogP contribution in [0.5, 0.6) is 0 Å². The molecule has 0 bridgehead atoms. The third kappa shape index (κ3) is 4.80. The van der Waals surface area contributed by atoms with Crippen LogP contribution < -0.4 is 4.90 Å².